The number of aromatic nitrogens is 2. The van der Waals surface area contributed by atoms with Crippen molar-refractivity contribution in [1.82, 2.24) is 15.2 Å². The van der Waals surface area contributed by atoms with E-state index in [2.05, 4.69) is 10.5 Å². The fraction of sp³-hybridized carbons (Fsp3) is 0.364. The van der Waals surface area contributed by atoms with Crippen molar-refractivity contribution < 1.29 is 0 Å². The Labute approximate surface area is 109 Å². The smallest absolute Gasteiger partial charge is 0.0847 e. The van der Waals surface area contributed by atoms with Crippen molar-refractivity contribution in [2.75, 3.05) is 0 Å². The fourth-order valence-electron chi connectivity index (χ4n) is 1.67. The second-order valence-corrected chi connectivity index (χ2v) is 5.12. The highest BCUT2D eigenvalue weighted by atomic mass is 35.5. The predicted molar refractivity (Wildman–Crippen MR) is 71.1 cm³/mol. The first kappa shape index (κ1) is 12.6. The monoisotopic (exact) mass is 270 g/mol. The van der Waals surface area contributed by atoms with Crippen LogP contribution in [0.1, 0.15) is 29.0 Å². The summed E-state index contributed by atoms with van der Waals surface area (Å²) in [7, 11) is 0. The van der Waals surface area contributed by atoms with E-state index in [1.54, 1.807) is 11.3 Å². The number of aryl methyl sites for hydroxylation is 2. The molecule has 0 aliphatic rings. The maximum absolute atomic E-state index is 6.26. The van der Waals surface area contributed by atoms with Crippen molar-refractivity contribution in [1.29, 1.82) is 0 Å². The lowest BCUT2D eigenvalue weighted by Crippen LogP contribution is -2.28. The van der Waals surface area contributed by atoms with Crippen LogP contribution in [0.2, 0.25) is 5.02 Å². The predicted octanol–water partition coefficient (Wildman–Crippen LogP) is 2.48. The Bertz CT molecular complexity index is 505. The minimum atomic E-state index is -0.0958. The molecule has 0 bridgehead atoms. The summed E-state index contributed by atoms with van der Waals surface area (Å²) in [5.41, 5.74) is 4.90. The normalized spacial score (nSPS) is 12.9. The van der Waals surface area contributed by atoms with E-state index in [9.17, 15) is 0 Å². The molecule has 6 heteroatoms. The summed E-state index contributed by atoms with van der Waals surface area (Å²) in [6.45, 7) is 4.88. The molecule has 0 spiro atoms. The summed E-state index contributed by atoms with van der Waals surface area (Å²) >= 11 is 7.87. The number of hydrazine groups is 1. The quantitative estimate of drug-likeness (QED) is 0.663. The Kier molecular flexibility index (Phi) is 3.83. The number of rotatable bonds is 4. The average Bonchev–Trinajstić information content (AvgIpc) is 2.92. The molecular weight excluding hydrogens is 256 g/mol. The summed E-state index contributed by atoms with van der Waals surface area (Å²) in [4.78, 5) is 1.03. The van der Waals surface area contributed by atoms with Gasteiger partial charge in [0.05, 0.1) is 17.3 Å². The lowest BCUT2D eigenvalue weighted by atomic mass is 10.1. The average molecular weight is 271 g/mol. The summed E-state index contributed by atoms with van der Waals surface area (Å²) < 4.78 is 1.87. The maximum Gasteiger partial charge on any atom is 0.0847 e. The van der Waals surface area contributed by atoms with Crippen molar-refractivity contribution in [2.45, 2.75) is 26.4 Å². The Morgan fingerprint density at radius 1 is 1.65 bits per heavy atom. The number of hydrogen-bond donors (Lipinski definition) is 2. The minimum absolute atomic E-state index is 0.0958. The van der Waals surface area contributed by atoms with Crippen molar-refractivity contribution >= 4 is 22.9 Å². The van der Waals surface area contributed by atoms with Gasteiger partial charge in [0, 0.05) is 23.2 Å². The minimum Gasteiger partial charge on any atom is -0.273 e. The highest BCUT2D eigenvalue weighted by molar-refractivity contribution is 7.10. The van der Waals surface area contributed by atoms with Gasteiger partial charge in [-0.25, -0.2) is 5.43 Å². The second kappa shape index (κ2) is 5.18. The first-order chi connectivity index (χ1) is 8.17. The van der Waals surface area contributed by atoms with Crippen LogP contribution in [0.5, 0.6) is 0 Å². The Balaban J connectivity index is 2.36. The van der Waals surface area contributed by atoms with E-state index >= 15 is 0 Å². The Morgan fingerprint density at radius 3 is 2.88 bits per heavy atom. The van der Waals surface area contributed by atoms with Crippen LogP contribution < -0.4 is 11.3 Å². The third kappa shape index (κ3) is 2.37. The SMILES string of the molecule is CCn1cc(C(NN)c2scc(C)c2Cl)cn1. The van der Waals surface area contributed by atoms with Crippen molar-refractivity contribution in [3.63, 3.8) is 0 Å². The molecular formula is C11H15ClN4S. The van der Waals surface area contributed by atoms with E-state index in [1.165, 1.54) is 0 Å². The number of nitrogens with two attached hydrogens (primary N) is 1. The van der Waals surface area contributed by atoms with E-state index in [4.69, 9.17) is 17.4 Å². The standard InChI is InChI=1S/C11H15ClN4S/c1-3-16-5-8(4-14-16)10(15-13)11-9(12)7(2)6-17-11/h4-6,10,15H,3,13H2,1-2H3. The molecule has 92 valence electrons. The van der Waals surface area contributed by atoms with E-state index in [0.717, 1.165) is 27.6 Å². The van der Waals surface area contributed by atoms with Crippen LogP contribution in [0, 0.1) is 6.92 Å². The molecule has 2 rings (SSSR count). The van der Waals surface area contributed by atoms with Crippen LogP contribution in [0.15, 0.2) is 17.8 Å². The molecule has 0 fully saturated rings. The molecule has 0 amide bonds. The number of nitrogens with one attached hydrogen (secondary N) is 1. The molecule has 0 aliphatic carbocycles. The Morgan fingerprint density at radius 2 is 2.41 bits per heavy atom. The third-order valence-electron chi connectivity index (χ3n) is 2.66. The molecule has 17 heavy (non-hydrogen) atoms. The Hall–Kier alpha value is -0.880. The van der Waals surface area contributed by atoms with Crippen molar-refractivity contribution in [3.8, 4) is 0 Å². The zero-order valence-electron chi connectivity index (χ0n) is 9.77. The van der Waals surface area contributed by atoms with Crippen LogP contribution in [0.25, 0.3) is 0 Å². The summed E-state index contributed by atoms with van der Waals surface area (Å²) in [6, 6.07) is -0.0958. The van der Waals surface area contributed by atoms with Gasteiger partial charge in [-0.15, -0.1) is 11.3 Å². The molecule has 0 saturated heterocycles. The van der Waals surface area contributed by atoms with Gasteiger partial charge in [0.25, 0.3) is 0 Å². The zero-order valence-corrected chi connectivity index (χ0v) is 11.3. The number of thiophene rings is 1. The van der Waals surface area contributed by atoms with Crippen LogP contribution in [-0.4, -0.2) is 9.78 Å². The summed E-state index contributed by atoms with van der Waals surface area (Å²) in [6.07, 6.45) is 3.80. The van der Waals surface area contributed by atoms with Crippen LogP contribution in [-0.2, 0) is 6.54 Å². The largest absolute Gasteiger partial charge is 0.273 e. The lowest BCUT2D eigenvalue weighted by Gasteiger charge is -2.12. The molecule has 2 aromatic heterocycles. The van der Waals surface area contributed by atoms with Gasteiger partial charge in [-0.3, -0.25) is 10.5 Å². The van der Waals surface area contributed by atoms with E-state index in [1.807, 2.05) is 36.3 Å². The molecule has 0 aliphatic heterocycles. The molecule has 0 saturated carbocycles. The van der Waals surface area contributed by atoms with Crippen LogP contribution in [0.4, 0.5) is 0 Å². The van der Waals surface area contributed by atoms with Gasteiger partial charge in [0.15, 0.2) is 0 Å². The number of hydrogen-bond acceptors (Lipinski definition) is 4. The van der Waals surface area contributed by atoms with Gasteiger partial charge in [-0.2, -0.15) is 5.10 Å². The van der Waals surface area contributed by atoms with Crippen LogP contribution >= 0.6 is 22.9 Å². The summed E-state index contributed by atoms with van der Waals surface area (Å²) in [5.74, 6) is 5.63. The molecule has 2 heterocycles. The van der Waals surface area contributed by atoms with Crippen molar-refractivity contribution in [2.24, 2.45) is 5.84 Å². The lowest BCUT2D eigenvalue weighted by molar-refractivity contribution is 0.637. The molecule has 0 aromatic carbocycles. The van der Waals surface area contributed by atoms with Gasteiger partial charge in [0.1, 0.15) is 0 Å². The van der Waals surface area contributed by atoms with E-state index in [-0.39, 0.29) is 6.04 Å². The zero-order chi connectivity index (χ0) is 12.4. The third-order valence-corrected chi connectivity index (χ3v) is 4.44. The number of halogens is 1. The first-order valence-corrected chi connectivity index (χ1v) is 6.65. The van der Waals surface area contributed by atoms with Gasteiger partial charge in [0.2, 0.25) is 0 Å². The second-order valence-electron chi connectivity index (χ2n) is 3.83. The van der Waals surface area contributed by atoms with Gasteiger partial charge < -0.3 is 0 Å². The highest BCUT2D eigenvalue weighted by Crippen LogP contribution is 2.35. The van der Waals surface area contributed by atoms with Crippen molar-refractivity contribution in [3.05, 3.63) is 38.8 Å². The number of nitrogens with zero attached hydrogens (tertiary/aromatic N) is 2. The van der Waals surface area contributed by atoms with Gasteiger partial charge >= 0.3 is 0 Å². The maximum atomic E-state index is 6.26. The molecule has 1 atom stereocenters. The van der Waals surface area contributed by atoms with Crippen LogP contribution in [0.3, 0.4) is 0 Å². The molecule has 0 radical (unpaired) electrons. The van der Waals surface area contributed by atoms with Gasteiger partial charge in [-0.1, -0.05) is 11.6 Å². The molecule has 3 N–H and O–H groups in total. The molecule has 1 unspecified atom stereocenters. The van der Waals surface area contributed by atoms with Gasteiger partial charge in [-0.05, 0) is 24.8 Å². The van der Waals surface area contributed by atoms with E-state index < -0.39 is 0 Å². The first-order valence-electron chi connectivity index (χ1n) is 5.39. The highest BCUT2D eigenvalue weighted by Gasteiger charge is 2.20. The van der Waals surface area contributed by atoms with E-state index in [0.29, 0.717) is 0 Å². The molecule has 4 nitrogen and oxygen atoms in total. The summed E-state index contributed by atoms with van der Waals surface area (Å²) in [5, 5.41) is 7.06. The topological polar surface area (TPSA) is 55.9 Å². The fourth-order valence-corrected chi connectivity index (χ4v) is 3.06. The molecule has 2 aromatic rings.